The maximum Gasteiger partial charge on any atom is 0.343 e. The van der Waals surface area contributed by atoms with E-state index in [1.807, 2.05) is 12.1 Å². The van der Waals surface area contributed by atoms with Crippen LogP contribution < -0.4 is 4.74 Å². The van der Waals surface area contributed by atoms with Gasteiger partial charge in [-0.05, 0) is 35.0 Å². The van der Waals surface area contributed by atoms with E-state index < -0.39 is 11.8 Å². The van der Waals surface area contributed by atoms with E-state index in [1.54, 1.807) is 39.4 Å². The second kappa shape index (κ2) is 8.46. The minimum absolute atomic E-state index is 0.0972. The van der Waals surface area contributed by atoms with Crippen LogP contribution in [-0.4, -0.2) is 80.9 Å². The Labute approximate surface area is 168 Å². The number of carbonyl (C=O) groups excluding carboxylic acids is 3. The van der Waals surface area contributed by atoms with Crippen molar-refractivity contribution in [1.82, 2.24) is 14.9 Å². The van der Waals surface area contributed by atoms with Gasteiger partial charge in [-0.15, -0.1) is 0 Å². The van der Waals surface area contributed by atoms with Crippen molar-refractivity contribution in [3.05, 3.63) is 41.5 Å². The molecule has 0 saturated carbocycles. The van der Waals surface area contributed by atoms with Crippen LogP contribution in [0.25, 0.3) is 10.8 Å². The number of hydrogen-bond acceptors (Lipinski definition) is 6. The van der Waals surface area contributed by atoms with E-state index in [4.69, 9.17) is 14.3 Å². The number of nitrogens with zero attached hydrogens (tertiary/aromatic N) is 3. The van der Waals surface area contributed by atoms with Crippen LogP contribution >= 0.6 is 0 Å². The van der Waals surface area contributed by atoms with Crippen molar-refractivity contribution >= 4 is 28.6 Å². The van der Waals surface area contributed by atoms with Gasteiger partial charge in [0.2, 0.25) is 0 Å². The van der Waals surface area contributed by atoms with Gasteiger partial charge in [-0.25, -0.2) is 14.8 Å². The summed E-state index contributed by atoms with van der Waals surface area (Å²) in [4.78, 5) is 44.6. The zero-order chi connectivity index (χ0) is 21.1. The summed E-state index contributed by atoms with van der Waals surface area (Å²) >= 11 is 0. The van der Waals surface area contributed by atoms with Gasteiger partial charge in [0.15, 0.2) is 0 Å². The Bertz CT molecular complexity index is 959. The molecule has 29 heavy (non-hydrogen) atoms. The van der Waals surface area contributed by atoms with Gasteiger partial charge < -0.3 is 14.4 Å². The van der Waals surface area contributed by atoms with Crippen molar-refractivity contribution in [2.75, 3.05) is 48.2 Å². The first kappa shape index (κ1) is 20.6. The summed E-state index contributed by atoms with van der Waals surface area (Å²) in [5.74, 6) is -0.150. The highest BCUT2D eigenvalue weighted by molar-refractivity contribution is 6.23. The molecule has 4 amide bonds. The predicted octanol–water partition coefficient (Wildman–Crippen LogP) is 1.96. The summed E-state index contributed by atoms with van der Waals surface area (Å²) in [6.07, 6.45) is 0. The van der Waals surface area contributed by atoms with Gasteiger partial charge in [0.05, 0.1) is 38.5 Å². The molecule has 2 aromatic carbocycles. The van der Waals surface area contributed by atoms with Crippen molar-refractivity contribution < 1.29 is 28.7 Å². The Morgan fingerprint density at radius 3 is 2.24 bits per heavy atom. The second-order valence-corrected chi connectivity index (χ2v) is 6.65. The van der Waals surface area contributed by atoms with Crippen LogP contribution in [0.1, 0.15) is 20.7 Å². The molecule has 0 unspecified atom stereocenters. The molecule has 9 nitrogen and oxygen atoms in total. The molecule has 0 aliphatic carbocycles. The summed E-state index contributed by atoms with van der Waals surface area (Å²) in [6.45, 7) is 0.0418. The fourth-order valence-electron chi connectivity index (χ4n) is 3.05. The summed E-state index contributed by atoms with van der Waals surface area (Å²) in [6, 6.07) is 8.51. The minimum atomic E-state index is -0.414. The van der Waals surface area contributed by atoms with Crippen molar-refractivity contribution in [2.45, 2.75) is 0 Å². The Morgan fingerprint density at radius 1 is 1.00 bits per heavy atom. The molecule has 1 heterocycles. The smallest absolute Gasteiger partial charge is 0.343 e. The van der Waals surface area contributed by atoms with Gasteiger partial charge in [0, 0.05) is 14.1 Å². The summed E-state index contributed by atoms with van der Waals surface area (Å²) in [7, 11) is 6.16. The average molecular weight is 401 g/mol. The van der Waals surface area contributed by atoms with Crippen molar-refractivity contribution in [1.29, 1.82) is 0 Å². The first-order valence-electron chi connectivity index (χ1n) is 8.96. The third kappa shape index (κ3) is 4.01. The number of ether oxygens (including phenoxy) is 2. The molecule has 154 valence electrons. The lowest BCUT2D eigenvalue weighted by atomic mass is 10.0. The van der Waals surface area contributed by atoms with E-state index in [2.05, 4.69) is 0 Å². The third-order valence-corrected chi connectivity index (χ3v) is 4.61. The van der Waals surface area contributed by atoms with Gasteiger partial charge in [0.25, 0.3) is 11.8 Å². The van der Waals surface area contributed by atoms with E-state index in [0.29, 0.717) is 16.9 Å². The van der Waals surface area contributed by atoms with E-state index in [9.17, 15) is 14.4 Å². The van der Waals surface area contributed by atoms with E-state index >= 15 is 0 Å². The molecule has 0 atom stereocenters. The fraction of sp³-hybridized carbons (Fsp3) is 0.350. The third-order valence-electron chi connectivity index (χ3n) is 4.61. The van der Waals surface area contributed by atoms with Crippen molar-refractivity contribution in [3.8, 4) is 5.75 Å². The normalized spacial score (nSPS) is 13.0. The number of amides is 4. The molecule has 1 aliphatic rings. The molecular weight excluding hydrogens is 378 g/mol. The van der Waals surface area contributed by atoms with Gasteiger partial charge in [-0.3, -0.25) is 14.4 Å². The standard InChI is InChI=1S/C20H23N3O6/c1-21(2)20(26)23(28-4)7-8-29-12-22-18(24)16-10-13-5-6-15(27-3)9-14(13)11-17(16)19(22)25/h5-6,9-11H,7-8,12H2,1-4H3. The molecule has 0 N–H and O–H groups in total. The van der Waals surface area contributed by atoms with Crippen LogP contribution in [0.2, 0.25) is 0 Å². The molecule has 9 heteroatoms. The highest BCUT2D eigenvalue weighted by atomic mass is 16.7. The Morgan fingerprint density at radius 2 is 1.66 bits per heavy atom. The number of fused-ring (bicyclic) bond motifs is 2. The molecule has 2 aromatic rings. The number of rotatable bonds is 7. The molecular formula is C20H23N3O6. The van der Waals surface area contributed by atoms with Crippen molar-refractivity contribution in [2.24, 2.45) is 0 Å². The number of hydrogen-bond donors (Lipinski definition) is 0. The van der Waals surface area contributed by atoms with E-state index in [-0.39, 0.29) is 25.9 Å². The maximum atomic E-state index is 12.7. The molecule has 1 aliphatic heterocycles. The number of benzene rings is 2. The van der Waals surface area contributed by atoms with Crippen LogP contribution in [0.3, 0.4) is 0 Å². The zero-order valence-corrected chi connectivity index (χ0v) is 16.8. The first-order valence-corrected chi connectivity index (χ1v) is 8.96. The Kier molecular flexibility index (Phi) is 6.00. The summed E-state index contributed by atoms with van der Waals surface area (Å²) < 4.78 is 10.7. The predicted molar refractivity (Wildman–Crippen MR) is 105 cm³/mol. The van der Waals surface area contributed by atoms with Crippen LogP contribution in [0.4, 0.5) is 4.79 Å². The highest BCUT2D eigenvalue weighted by Gasteiger charge is 2.36. The maximum absolute atomic E-state index is 12.7. The van der Waals surface area contributed by atoms with Gasteiger partial charge in [0.1, 0.15) is 12.5 Å². The highest BCUT2D eigenvalue weighted by Crippen LogP contribution is 2.29. The number of imide groups is 1. The number of hydroxylamine groups is 2. The first-order chi connectivity index (χ1) is 13.9. The minimum Gasteiger partial charge on any atom is -0.497 e. The summed E-state index contributed by atoms with van der Waals surface area (Å²) in [5.41, 5.74) is 0.679. The molecule has 0 fully saturated rings. The molecule has 0 spiro atoms. The Hall–Kier alpha value is -3.17. The van der Waals surface area contributed by atoms with Crippen LogP contribution in [0.5, 0.6) is 5.75 Å². The van der Waals surface area contributed by atoms with E-state index in [0.717, 1.165) is 20.7 Å². The SMILES string of the molecule is COc1ccc2cc3c(cc2c1)C(=O)N(COCCN(OC)C(=O)N(C)C)C3=O. The van der Waals surface area contributed by atoms with E-state index in [1.165, 1.54) is 12.0 Å². The van der Waals surface area contributed by atoms with Crippen LogP contribution in [-0.2, 0) is 9.57 Å². The van der Waals surface area contributed by atoms with Gasteiger partial charge in [-0.2, -0.15) is 0 Å². The number of carbonyl (C=O) groups is 3. The van der Waals surface area contributed by atoms with Gasteiger partial charge >= 0.3 is 6.03 Å². The summed E-state index contributed by atoms with van der Waals surface area (Å²) in [5, 5.41) is 2.78. The lowest BCUT2D eigenvalue weighted by Gasteiger charge is -2.23. The monoisotopic (exact) mass is 401 g/mol. The number of methoxy groups -OCH3 is 1. The second-order valence-electron chi connectivity index (χ2n) is 6.65. The largest absolute Gasteiger partial charge is 0.497 e. The Balaban J connectivity index is 1.67. The average Bonchev–Trinajstić information content (AvgIpc) is 2.95. The molecule has 0 radical (unpaired) electrons. The topological polar surface area (TPSA) is 88.6 Å². The molecule has 0 saturated heterocycles. The quantitative estimate of drug-likeness (QED) is 0.400. The fourth-order valence-corrected chi connectivity index (χ4v) is 3.05. The van der Waals surface area contributed by atoms with Gasteiger partial charge in [-0.1, -0.05) is 6.07 Å². The van der Waals surface area contributed by atoms with Crippen LogP contribution in [0, 0.1) is 0 Å². The molecule has 0 bridgehead atoms. The van der Waals surface area contributed by atoms with Crippen LogP contribution in [0.15, 0.2) is 30.3 Å². The lowest BCUT2D eigenvalue weighted by Crippen LogP contribution is -2.41. The molecule has 0 aromatic heterocycles. The zero-order valence-electron chi connectivity index (χ0n) is 16.8. The lowest BCUT2D eigenvalue weighted by molar-refractivity contribution is -0.107. The number of urea groups is 1. The molecule has 3 rings (SSSR count). The van der Waals surface area contributed by atoms with Crippen molar-refractivity contribution in [3.63, 3.8) is 0 Å².